The number of aliphatic carboxylic acids is 1. The minimum Gasteiger partial charge on any atom is -0.480 e. The molecule has 2 aliphatic rings. The number of carbonyl (C=O) groups is 1. The summed E-state index contributed by atoms with van der Waals surface area (Å²) < 4.78 is 49.1. The van der Waals surface area contributed by atoms with Crippen molar-refractivity contribution >= 4 is 29.3 Å². The lowest BCUT2D eigenvalue weighted by Gasteiger charge is -2.43. The van der Waals surface area contributed by atoms with Gasteiger partial charge in [0.2, 0.25) is 17.9 Å². The molecule has 0 radical (unpaired) electrons. The summed E-state index contributed by atoms with van der Waals surface area (Å²) in [6.07, 6.45) is -3.35. The highest BCUT2D eigenvalue weighted by molar-refractivity contribution is 6.30. The second kappa shape index (κ2) is 12.0. The zero-order valence-corrected chi connectivity index (χ0v) is 23.8. The lowest BCUT2D eigenvalue weighted by atomic mass is 9.70. The Labute approximate surface area is 247 Å². The summed E-state index contributed by atoms with van der Waals surface area (Å²) in [5, 5.41) is 13.2. The quantitative estimate of drug-likeness (QED) is 0.276. The zero-order valence-electron chi connectivity index (χ0n) is 23.1. The number of nitrogen functional groups attached to an aromatic ring is 1. The van der Waals surface area contributed by atoms with E-state index in [0.29, 0.717) is 54.3 Å². The molecule has 0 bridgehead atoms. The minimum absolute atomic E-state index is 0.0887. The number of nitrogens with two attached hydrogens (primary N) is 1. The molecule has 12 heteroatoms. The van der Waals surface area contributed by atoms with Crippen LogP contribution in [-0.4, -0.2) is 52.4 Å². The number of anilines is 2. The van der Waals surface area contributed by atoms with Crippen molar-refractivity contribution in [3.63, 3.8) is 0 Å². The number of carboxylic acids is 1. The van der Waals surface area contributed by atoms with Crippen molar-refractivity contribution in [3.8, 4) is 17.0 Å². The van der Waals surface area contributed by atoms with E-state index in [1.54, 1.807) is 30.3 Å². The minimum atomic E-state index is -4.78. The monoisotopic (exact) mass is 603 g/mol. The Kier molecular flexibility index (Phi) is 8.52. The second-order valence-corrected chi connectivity index (χ2v) is 11.4. The Hall–Kier alpha value is -3.57. The van der Waals surface area contributed by atoms with Crippen LogP contribution in [0.5, 0.6) is 5.88 Å². The SMILES string of the molecule is CCCC1NC(C(=O)O)CC12CCN(c1cc(O[C@H](c3ccc(Cl)cc3-c3ccccc3)C(F)(F)F)nc(N)n1)CC2. The summed E-state index contributed by atoms with van der Waals surface area (Å²) in [6.45, 7) is 3.16. The summed E-state index contributed by atoms with van der Waals surface area (Å²) in [4.78, 5) is 21.9. The van der Waals surface area contributed by atoms with Gasteiger partial charge in [-0.1, -0.05) is 61.3 Å². The zero-order chi connectivity index (χ0) is 30.1. The molecule has 0 aliphatic carbocycles. The van der Waals surface area contributed by atoms with Gasteiger partial charge in [-0.2, -0.15) is 23.1 Å². The van der Waals surface area contributed by atoms with Crippen LogP contribution < -0.4 is 20.7 Å². The first-order valence-electron chi connectivity index (χ1n) is 14.0. The summed E-state index contributed by atoms with van der Waals surface area (Å²) in [6, 6.07) is 13.7. The smallest absolute Gasteiger partial charge is 0.429 e. The number of ether oxygens (including phenoxy) is 1. The van der Waals surface area contributed by atoms with Crippen molar-refractivity contribution in [2.75, 3.05) is 23.7 Å². The van der Waals surface area contributed by atoms with E-state index in [1.165, 1.54) is 24.3 Å². The van der Waals surface area contributed by atoms with E-state index in [9.17, 15) is 23.1 Å². The molecule has 8 nitrogen and oxygen atoms in total. The molecule has 4 N–H and O–H groups in total. The molecule has 1 aromatic heterocycles. The van der Waals surface area contributed by atoms with E-state index in [4.69, 9.17) is 22.1 Å². The standard InChI is InChI=1S/C30H33ClF3N5O3/c1-2-6-23-29(17-22(36-23)27(40)41)11-13-39(14-12-29)24-16-25(38-28(35)37-24)42-26(30(32,33)34)20-10-9-19(31)15-21(20)18-7-4-3-5-8-18/h3-5,7-10,15-16,22-23,26,36H,2,6,11-14,17H2,1H3,(H,40,41)(H2,35,37,38)/t22?,23?,26-/m1/s1. The van der Waals surface area contributed by atoms with Crippen LogP contribution in [0.4, 0.5) is 24.9 Å². The maximum Gasteiger partial charge on any atom is 0.429 e. The fourth-order valence-electron chi connectivity index (χ4n) is 6.30. The summed E-state index contributed by atoms with van der Waals surface area (Å²) in [5.74, 6) is -0.997. The molecule has 0 saturated carbocycles. The first kappa shape index (κ1) is 29.9. The highest BCUT2D eigenvalue weighted by atomic mass is 35.5. The number of alkyl halides is 3. The van der Waals surface area contributed by atoms with Gasteiger partial charge in [-0.3, -0.25) is 4.79 Å². The number of hydrogen-bond acceptors (Lipinski definition) is 7. The third kappa shape index (κ3) is 6.27. The van der Waals surface area contributed by atoms with Gasteiger partial charge >= 0.3 is 12.1 Å². The Morgan fingerprint density at radius 1 is 1.19 bits per heavy atom. The fraction of sp³-hybridized carbons (Fsp3) is 0.433. The van der Waals surface area contributed by atoms with Crippen LogP contribution in [0.25, 0.3) is 11.1 Å². The molecule has 3 aromatic rings. The van der Waals surface area contributed by atoms with E-state index < -0.39 is 24.3 Å². The molecule has 3 atom stereocenters. The van der Waals surface area contributed by atoms with Crippen LogP contribution >= 0.6 is 11.6 Å². The molecule has 224 valence electrons. The van der Waals surface area contributed by atoms with Gasteiger partial charge < -0.3 is 25.8 Å². The van der Waals surface area contributed by atoms with Crippen molar-refractivity contribution in [2.45, 2.75) is 63.4 Å². The van der Waals surface area contributed by atoms with E-state index in [1.807, 2.05) is 4.90 Å². The molecule has 5 rings (SSSR count). The normalized spacial score (nSPS) is 20.9. The number of hydrogen-bond donors (Lipinski definition) is 3. The van der Waals surface area contributed by atoms with Crippen LogP contribution in [0.1, 0.15) is 50.7 Å². The lowest BCUT2D eigenvalue weighted by Crippen LogP contribution is -2.46. The van der Waals surface area contributed by atoms with E-state index >= 15 is 0 Å². The van der Waals surface area contributed by atoms with Crippen LogP contribution in [0, 0.1) is 5.41 Å². The van der Waals surface area contributed by atoms with E-state index in [0.717, 1.165) is 12.8 Å². The van der Waals surface area contributed by atoms with E-state index in [2.05, 4.69) is 22.2 Å². The number of benzene rings is 2. The Morgan fingerprint density at radius 3 is 2.55 bits per heavy atom. The molecule has 0 amide bonds. The van der Waals surface area contributed by atoms with Crippen LogP contribution in [-0.2, 0) is 4.79 Å². The topological polar surface area (TPSA) is 114 Å². The molecule has 2 unspecified atom stereocenters. The summed E-state index contributed by atoms with van der Waals surface area (Å²) >= 11 is 6.17. The van der Waals surface area contributed by atoms with Crippen molar-refractivity contribution in [1.82, 2.24) is 15.3 Å². The molecule has 2 aliphatic heterocycles. The van der Waals surface area contributed by atoms with Crippen molar-refractivity contribution in [1.29, 1.82) is 0 Å². The van der Waals surface area contributed by atoms with Crippen molar-refractivity contribution < 1.29 is 27.8 Å². The molecule has 2 aromatic carbocycles. The first-order chi connectivity index (χ1) is 20.0. The molecule has 1 spiro atoms. The number of rotatable bonds is 8. The van der Waals surface area contributed by atoms with E-state index in [-0.39, 0.29) is 28.8 Å². The van der Waals surface area contributed by atoms with Gasteiger partial charge in [-0.25, -0.2) is 0 Å². The fourth-order valence-corrected chi connectivity index (χ4v) is 6.47. The number of halogens is 4. The molecular weight excluding hydrogens is 571 g/mol. The summed E-state index contributed by atoms with van der Waals surface area (Å²) in [7, 11) is 0. The molecular formula is C30H33ClF3N5O3. The Balaban J connectivity index is 1.40. The van der Waals surface area contributed by atoms with Crippen LogP contribution in [0.15, 0.2) is 54.6 Å². The number of aromatic nitrogens is 2. The number of nitrogens with zero attached hydrogens (tertiary/aromatic N) is 3. The third-order valence-corrected chi connectivity index (χ3v) is 8.57. The van der Waals surface area contributed by atoms with Gasteiger partial charge in [0.15, 0.2) is 0 Å². The maximum absolute atomic E-state index is 14.5. The third-order valence-electron chi connectivity index (χ3n) is 8.34. The summed E-state index contributed by atoms with van der Waals surface area (Å²) in [5.41, 5.74) is 6.53. The van der Waals surface area contributed by atoms with Crippen molar-refractivity contribution in [2.24, 2.45) is 5.41 Å². The predicted molar refractivity (Wildman–Crippen MR) is 155 cm³/mol. The second-order valence-electron chi connectivity index (χ2n) is 11.0. The van der Waals surface area contributed by atoms with Gasteiger partial charge in [0.05, 0.1) is 0 Å². The predicted octanol–water partition coefficient (Wildman–Crippen LogP) is 6.26. The number of piperidine rings is 1. The largest absolute Gasteiger partial charge is 0.480 e. The van der Waals surface area contributed by atoms with Gasteiger partial charge in [-0.15, -0.1) is 0 Å². The lowest BCUT2D eigenvalue weighted by molar-refractivity contribution is -0.198. The number of nitrogens with one attached hydrogen (secondary N) is 1. The maximum atomic E-state index is 14.5. The van der Waals surface area contributed by atoms with Gasteiger partial charge in [-0.05, 0) is 54.4 Å². The molecule has 3 heterocycles. The average molecular weight is 604 g/mol. The Morgan fingerprint density at radius 2 is 1.90 bits per heavy atom. The van der Waals surface area contributed by atoms with Crippen molar-refractivity contribution in [3.05, 3.63) is 65.2 Å². The molecule has 42 heavy (non-hydrogen) atoms. The highest BCUT2D eigenvalue weighted by Gasteiger charge is 2.50. The van der Waals surface area contributed by atoms with Crippen LogP contribution in [0.2, 0.25) is 5.02 Å². The van der Waals surface area contributed by atoms with Gasteiger partial charge in [0, 0.05) is 35.8 Å². The molecule has 2 fully saturated rings. The number of carboxylic acid groups (broad SMARTS) is 1. The highest BCUT2D eigenvalue weighted by Crippen LogP contribution is 2.46. The average Bonchev–Trinajstić information content (AvgIpc) is 3.30. The Bertz CT molecular complexity index is 1420. The van der Waals surface area contributed by atoms with Gasteiger partial charge in [0.1, 0.15) is 11.9 Å². The van der Waals surface area contributed by atoms with Crippen LogP contribution in [0.3, 0.4) is 0 Å². The first-order valence-corrected chi connectivity index (χ1v) is 14.3. The molecule has 2 saturated heterocycles. The van der Waals surface area contributed by atoms with Gasteiger partial charge in [0.25, 0.3) is 0 Å².